The summed E-state index contributed by atoms with van der Waals surface area (Å²) in [5, 5.41) is 29.5. The average molecular weight is 296 g/mol. The molecule has 0 amide bonds. The number of aliphatic hydroxyl groups is 3. The summed E-state index contributed by atoms with van der Waals surface area (Å²) in [6.07, 6.45) is -4.71. The van der Waals surface area contributed by atoms with Gasteiger partial charge in [0.05, 0.1) is 19.6 Å². The van der Waals surface area contributed by atoms with Gasteiger partial charge in [-0.1, -0.05) is 24.3 Å². The molecule has 1 fully saturated rings. The van der Waals surface area contributed by atoms with Crippen molar-refractivity contribution in [3.63, 3.8) is 0 Å². The highest BCUT2D eigenvalue weighted by Gasteiger charge is 2.42. The first-order valence-electron chi connectivity index (χ1n) is 6.79. The summed E-state index contributed by atoms with van der Waals surface area (Å²) in [5.74, 6) is -0.330. The van der Waals surface area contributed by atoms with E-state index in [1.165, 1.54) is 7.11 Å². The number of esters is 1. The number of hydrogen-bond donors (Lipinski definition) is 3. The van der Waals surface area contributed by atoms with E-state index in [4.69, 9.17) is 4.74 Å². The Hall–Kier alpha value is -1.47. The molecule has 1 aliphatic heterocycles. The van der Waals surface area contributed by atoms with E-state index in [-0.39, 0.29) is 12.4 Å². The average Bonchev–Trinajstić information content (AvgIpc) is 2.49. The van der Waals surface area contributed by atoms with Crippen LogP contribution in [0.1, 0.15) is 24.2 Å². The van der Waals surface area contributed by atoms with Crippen molar-refractivity contribution in [3.8, 4) is 0 Å². The highest BCUT2D eigenvalue weighted by Crippen LogP contribution is 2.32. The van der Waals surface area contributed by atoms with Gasteiger partial charge in [-0.25, -0.2) is 0 Å². The predicted molar refractivity (Wildman–Crippen MR) is 73.5 cm³/mol. The molecule has 1 heterocycles. The highest BCUT2D eigenvalue weighted by molar-refractivity contribution is 5.72. The summed E-state index contributed by atoms with van der Waals surface area (Å²) in [4.78, 5) is 11.2. The number of carbonyl (C=O) groups excluding carboxylic acids is 1. The Balaban J connectivity index is 2.12. The number of carbonyl (C=O) groups is 1. The van der Waals surface area contributed by atoms with Crippen LogP contribution in [0.25, 0.3) is 0 Å². The molecule has 3 N–H and O–H groups in total. The second kappa shape index (κ2) is 6.53. The van der Waals surface area contributed by atoms with E-state index in [2.05, 4.69) is 4.74 Å². The minimum absolute atomic E-state index is 0.169. The SMILES string of the molecule is COC(=O)Cc1ccc([C@@H]2O[C@@H](C)[C@H](O)[C@@H](O)[C@H]2O)cc1. The molecule has 2 rings (SSSR count). The molecule has 1 aromatic carbocycles. The number of benzene rings is 1. The summed E-state index contributed by atoms with van der Waals surface area (Å²) < 4.78 is 10.2. The molecule has 0 bridgehead atoms. The van der Waals surface area contributed by atoms with E-state index < -0.39 is 30.5 Å². The van der Waals surface area contributed by atoms with Gasteiger partial charge in [0.25, 0.3) is 0 Å². The Morgan fingerprint density at radius 1 is 1.14 bits per heavy atom. The molecule has 0 radical (unpaired) electrons. The third-order valence-electron chi connectivity index (χ3n) is 3.74. The lowest BCUT2D eigenvalue weighted by Gasteiger charge is -2.39. The molecule has 1 aliphatic rings. The topological polar surface area (TPSA) is 96.2 Å². The fraction of sp³-hybridized carbons (Fsp3) is 0.533. The number of methoxy groups -OCH3 is 1. The van der Waals surface area contributed by atoms with Crippen LogP contribution in [0.3, 0.4) is 0 Å². The molecule has 21 heavy (non-hydrogen) atoms. The van der Waals surface area contributed by atoms with Crippen molar-refractivity contribution in [1.29, 1.82) is 0 Å². The Morgan fingerprint density at radius 2 is 1.76 bits per heavy atom. The molecule has 0 unspecified atom stereocenters. The van der Waals surface area contributed by atoms with Crippen LogP contribution in [0.4, 0.5) is 0 Å². The molecule has 0 spiro atoms. The van der Waals surface area contributed by atoms with Gasteiger partial charge in [-0.2, -0.15) is 0 Å². The fourth-order valence-electron chi connectivity index (χ4n) is 2.39. The molecular formula is C15H20O6. The largest absolute Gasteiger partial charge is 0.469 e. The molecule has 6 heteroatoms. The third kappa shape index (κ3) is 3.41. The first kappa shape index (κ1) is 15.9. The summed E-state index contributed by atoms with van der Waals surface area (Å²) in [6.45, 7) is 1.64. The van der Waals surface area contributed by atoms with Gasteiger partial charge >= 0.3 is 5.97 Å². The van der Waals surface area contributed by atoms with E-state index in [0.29, 0.717) is 5.56 Å². The standard InChI is InChI=1S/C15H20O6/c1-8-12(17)13(18)14(19)15(21-8)10-5-3-9(4-6-10)7-11(16)20-2/h3-6,8,12-15,17-19H,7H2,1-2H3/t8-,12-,13+,14+,15-/m0/s1. The number of hydrogen-bond acceptors (Lipinski definition) is 6. The first-order chi connectivity index (χ1) is 9.93. The lowest BCUT2D eigenvalue weighted by molar-refractivity contribution is -0.219. The van der Waals surface area contributed by atoms with Crippen LogP contribution in [-0.2, 0) is 20.7 Å². The second-order valence-corrected chi connectivity index (χ2v) is 5.23. The lowest BCUT2D eigenvalue weighted by Crippen LogP contribution is -2.53. The van der Waals surface area contributed by atoms with Crippen LogP contribution >= 0.6 is 0 Å². The van der Waals surface area contributed by atoms with Crippen LogP contribution in [0, 0.1) is 0 Å². The van der Waals surface area contributed by atoms with Crippen LogP contribution in [-0.4, -0.2) is 52.8 Å². The lowest BCUT2D eigenvalue weighted by atomic mass is 9.91. The maximum absolute atomic E-state index is 11.2. The normalized spacial score (nSPS) is 32.7. The zero-order valence-electron chi connectivity index (χ0n) is 12.0. The van der Waals surface area contributed by atoms with Crippen molar-refractivity contribution in [3.05, 3.63) is 35.4 Å². The highest BCUT2D eigenvalue weighted by atomic mass is 16.5. The Kier molecular flexibility index (Phi) is 4.95. The predicted octanol–water partition coefficient (Wildman–Crippen LogP) is -0.0554. The van der Waals surface area contributed by atoms with E-state index in [0.717, 1.165) is 5.56 Å². The van der Waals surface area contributed by atoms with Gasteiger partial charge in [0.1, 0.15) is 24.4 Å². The minimum atomic E-state index is -1.26. The summed E-state index contributed by atoms with van der Waals surface area (Å²) in [6, 6.07) is 6.93. The Bertz CT molecular complexity index is 485. The first-order valence-corrected chi connectivity index (χ1v) is 6.79. The Morgan fingerprint density at radius 3 is 2.33 bits per heavy atom. The molecule has 6 nitrogen and oxygen atoms in total. The summed E-state index contributed by atoms with van der Waals surface area (Å²) >= 11 is 0. The van der Waals surface area contributed by atoms with Gasteiger partial charge in [-0.3, -0.25) is 4.79 Å². The number of ether oxygens (including phenoxy) is 2. The van der Waals surface area contributed by atoms with Crippen LogP contribution in [0.2, 0.25) is 0 Å². The maximum atomic E-state index is 11.2. The van der Waals surface area contributed by atoms with Gasteiger partial charge in [0, 0.05) is 0 Å². The second-order valence-electron chi connectivity index (χ2n) is 5.23. The quantitative estimate of drug-likeness (QED) is 0.677. The number of rotatable bonds is 3. The molecule has 1 saturated heterocycles. The van der Waals surface area contributed by atoms with Gasteiger partial charge < -0.3 is 24.8 Å². The van der Waals surface area contributed by atoms with Crippen LogP contribution in [0.5, 0.6) is 0 Å². The van der Waals surface area contributed by atoms with Crippen molar-refractivity contribution < 1.29 is 29.6 Å². The summed E-state index contributed by atoms with van der Waals surface area (Å²) in [5.41, 5.74) is 1.46. The van der Waals surface area contributed by atoms with Crippen molar-refractivity contribution >= 4 is 5.97 Å². The van der Waals surface area contributed by atoms with Crippen molar-refractivity contribution in [2.75, 3.05) is 7.11 Å². The van der Waals surface area contributed by atoms with E-state index in [1.807, 2.05) is 0 Å². The fourth-order valence-corrected chi connectivity index (χ4v) is 2.39. The smallest absolute Gasteiger partial charge is 0.309 e. The molecule has 1 aromatic rings. The Labute approximate surface area is 122 Å². The molecular weight excluding hydrogens is 276 g/mol. The molecule has 0 aromatic heterocycles. The van der Waals surface area contributed by atoms with E-state index in [1.54, 1.807) is 31.2 Å². The molecule has 0 saturated carbocycles. The van der Waals surface area contributed by atoms with Crippen molar-refractivity contribution in [2.24, 2.45) is 0 Å². The van der Waals surface area contributed by atoms with Gasteiger partial charge in [-0.05, 0) is 18.1 Å². The van der Waals surface area contributed by atoms with E-state index in [9.17, 15) is 20.1 Å². The zero-order valence-corrected chi connectivity index (χ0v) is 12.0. The minimum Gasteiger partial charge on any atom is -0.469 e. The molecule has 0 aliphatic carbocycles. The summed E-state index contributed by atoms with van der Waals surface area (Å²) in [7, 11) is 1.33. The molecule has 5 atom stereocenters. The van der Waals surface area contributed by atoms with Crippen molar-refractivity contribution in [2.45, 2.75) is 43.9 Å². The number of aliphatic hydroxyl groups excluding tert-OH is 3. The van der Waals surface area contributed by atoms with Gasteiger partial charge in [0.2, 0.25) is 0 Å². The van der Waals surface area contributed by atoms with Crippen LogP contribution in [0.15, 0.2) is 24.3 Å². The van der Waals surface area contributed by atoms with Crippen LogP contribution < -0.4 is 0 Å². The zero-order chi connectivity index (χ0) is 15.6. The monoisotopic (exact) mass is 296 g/mol. The van der Waals surface area contributed by atoms with Crippen molar-refractivity contribution in [1.82, 2.24) is 0 Å². The van der Waals surface area contributed by atoms with Gasteiger partial charge in [0.15, 0.2) is 0 Å². The van der Waals surface area contributed by atoms with E-state index >= 15 is 0 Å². The maximum Gasteiger partial charge on any atom is 0.309 e. The van der Waals surface area contributed by atoms with Gasteiger partial charge in [-0.15, -0.1) is 0 Å². The molecule has 116 valence electrons. The third-order valence-corrected chi connectivity index (χ3v) is 3.74.